The van der Waals surface area contributed by atoms with Crippen molar-refractivity contribution >= 4 is 55.0 Å². The van der Waals surface area contributed by atoms with Crippen LogP contribution in [0.15, 0.2) is 95.2 Å². The van der Waals surface area contributed by atoms with Crippen LogP contribution in [-0.2, 0) is 24.9 Å². The van der Waals surface area contributed by atoms with E-state index in [1.807, 2.05) is 78.1 Å². The number of allylic oxidation sites excluding steroid dienone is 2. The summed E-state index contributed by atoms with van der Waals surface area (Å²) >= 11 is 0. The summed E-state index contributed by atoms with van der Waals surface area (Å²) in [6.45, 7) is 12.1. The van der Waals surface area contributed by atoms with Crippen molar-refractivity contribution in [3.05, 3.63) is 96.9 Å². The number of hydrogen-bond donors (Lipinski definition) is 1. The first-order chi connectivity index (χ1) is 21.7. The number of furan rings is 1. The molecule has 0 fully saturated rings. The van der Waals surface area contributed by atoms with Gasteiger partial charge in [-0.1, -0.05) is 89.4 Å². The van der Waals surface area contributed by atoms with Crippen LogP contribution in [0, 0.1) is 16.9 Å². The normalized spacial score (nSPS) is 12.6. The summed E-state index contributed by atoms with van der Waals surface area (Å²) in [5.41, 5.74) is 6.59. The fraction of sp³-hybridized carbons (Fsp3) is 0.300. The number of pyridine rings is 1. The molecule has 7 aromatic rings. The summed E-state index contributed by atoms with van der Waals surface area (Å²) in [6.07, 6.45) is 6.58. The van der Waals surface area contributed by atoms with Gasteiger partial charge in [0.05, 0.1) is 5.52 Å². The Morgan fingerprint density at radius 3 is 2.13 bits per heavy atom. The van der Waals surface area contributed by atoms with Gasteiger partial charge in [0.2, 0.25) is 0 Å². The van der Waals surface area contributed by atoms with Crippen LogP contribution in [-0.4, -0.2) is 20.3 Å². The van der Waals surface area contributed by atoms with Gasteiger partial charge in [-0.05, 0) is 71.9 Å². The SMILES string of the molecule is CCC(C)(CC)C(=O)/C=C(\O)C(C)(CC)CC.[Ir].[c-]1cc2c3ccccc3n3c4c5ccccc5oc4c(c1-c1ccccn1)c23. The first kappa shape index (κ1) is 33.4. The number of para-hydroxylation sites is 2. The zero-order valence-electron chi connectivity index (χ0n) is 27.4. The number of hydrogen-bond acceptors (Lipinski definition) is 4. The van der Waals surface area contributed by atoms with Crippen molar-refractivity contribution in [3.63, 3.8) is 0 Å². The van der Waals surface area contributed by atoms with Gasteiger partial charge in [-0.2, -0.15) is 0 Å². The fourth-order valence-corrected chi connectivity index (χ4v) is 6.26. The van der Waals surface area contributed by atoms with E-state index in [0.29, 0.717) is 0 Å². The van der Waals surface area contributed by atoms with Crippen LogP contribution in [0.3, 0.4) is 0 Å². The molecule has 239 valence electrons. The molecule has 0 aliphatic carbocycles. The zero-order chi connectivity index (χ0) is 31.9. The molecule has 0 aliphatic rings. The minimum absolute atomic E-state index is 0. The average Bonchev–Trinajstić information content (AvgIpc) is 3.73. The Balaban J connectivity index is 0.000000203. The largest absolute Gasteiger partial charge is 0.512 e. The van der Waals surface area contributed by atoms with E-state index in [1.165, 1.54) is 27.9 Å². The third kappa shape index (κ3) is 5.32. The van der Waals surface area contributed by atoms with Crippen molar-refractivity contribution in [1.29, 1.82) is 0 Å². The Morgan fingerprint density at radius 1 is 0.848 bits per heavy atom. The Hall–Kier alpha value is -3.99. The standard InChI is InChI=1S/C25H13N2O.C15H28O2.Ir/c1-3-10-20-15(7-1)16-12-13-17(19-9-5-6-14-26-19)22-23(16)27(20)24-18-8-2-4-11-21(18)28-25(22)24;1-7-14(5,8-2)12(16)11-13(17)15(6,9-3)10-4;/h1-12,14H;11,16H,7-10H2,1-6H3;/q-1;;/b;12-11-;. The molecule has 0 unspecified atom stereocenters. The topological polar surface area (TPSA) is 67.7 Å². The molecule has 0 bridgehead atoms. The molecule has 0 atom stereocenters. The van der Waals surface area contributed by atoms with Gasteiger partial charge < -0.3 is 18.9 Å². The Bertz CT molecular complexity index is 2170. The molecule has 0 amide bonds. The predicted molar refractivity (Wildman–Crippen MR) is 186 cm³/mol. The van der Waals surface area contributed by atoms with Crippen molar-refractivity contribution < 1.29 is 34.4 Å². The third-order valence-corrected chi connectivity index (χ3v) is 10.3. The molecule has 4 heterocycles. The van der Waals surface area contributed by atoms with E-state index in [9.17, 15) is 9.90 Å². The number of aliphatic hydroxyl groups excluding tert-OH is 1. The van der Waals surface area contributed by atoms with Crippen LogP contribution < -0.4 is 0 Å². The van der Waals surface area contributed by atoms with E-state index >= 15 is 0 Å². The molecule has 0 aliphatic heterocycles. The summed E-state index contributed by atoms with van der Waals surface area (Å²) < 4.78 is 8.73. The molecule has 46 heavy (non-hydrogen) atoms. The Labute approximate surface area is 284 Å². The minimum atomic E-state index is -0.337. The van der Waals surface area contributed by atoms with Gasteiger partial charge in [-0.3, -0.25) is 4.79 Å². The maximum Gasteiger partial charge on any atom is 0.164 e. The number of aliphatic hydroxyl groups is 1. The molecular weight excluding hydrogens is 749 g/mol. The Morgan fingerprint density at radius 2 is 1.48 bits per heavy atom. The second-order valence-corrected chi connectivity index (χ2v) is 12.6. The number of fused-ring (bicyclic) bond motifs is 8. The first-order valence-electron chi connectivity index (χ1n) is 16.1. The van der Waals surface area contributed by atoms with Crippen LogP contribution in [0.25, 0.3) is 60.5 Å². The summed E-state index contributed by atoms with van der Waals surface area (Å²) in [6, 6.07) is 28.4. The monoisotopic (exact) mass is 790 g/mol. The van der Waals surface area contributed by atoms with E-state index in [-0.39, 0.29) is 42.5 Å². The van der Waals surface area contributed by atoms with Gasteiger partial charge in [0, 0.05) is 54.1 Å². The van der Waals surface area contributed by atoms with E-state index in [4.69, 9.17) is 4.42 Å². The molecule has 0 spiro atoms. The van der Waals surface area contributed by atoms with Gasteiger partial charge >= 0.3 is 0 Å². The maximum absolute atomic E-state index is 12.2. The van der Waals surface area contributed by atoms with Crippen molar-refractivity contribution in [3.8, 4) is 11.3 Å². The molecule has 1 radical (unpaired) electrons. The van der Waals surface area contributed by atoms with Gasteiger partial charge in [-0.25, -0.2) is 0 Å². The quantitative estimate of drug-likeness (QED) is 0.0946. The average molecular weight is 790 g/mol. The number of rotatable bonds is 8. The second kappa shape index (κ2) is 13.0. The molecule has 4 aromatic heterocycles. The fourth-order valence-electron chi connectivity index (χ4n) is 6.26. The van der Waals surface area contributed by atoms with Crippen molar-refractivity contribution in [2.24, 2.45) is 10.8 Å². The number of nitrogens with zero attached hydrogens (tertiary/aromatic N) is 2. The molecule has 7 rings (SSSR count). The number of aromatic nitrogens is 2. The van der Waals surface area contributed by atoms with Crippen molar-refractivity contribution in [1.82, 2.24) is 9.38 Å². The van der Waals surface area contributed by atoms with Crippen molar-refractivity contribution in [2.45, 2.75) is 67.2 Å². The smallest absolute Gasteiger partial charge is 0.164 e. The van der Waals surface area contributed by atoms with E-state index in [2.05, 4.69) is 57.9 Å². The van der Waals surface area contributed by atoms with Gasteiger partial charge in [0.15, 0.2) is 5.78 Å². The van der Waals surface area contributed by atoms with Crippen molar-refractivity contribution in [2.75, 3.05) is 0 Å². The maximum atomic E-state index is 12.2. The van der Waals surface area contributed by atoms with Crippen LogP contribution in [0.4, 0.5) is 0 Å². The zero-order valence-corrected chi connectivity index (χ0v) is 29.8. The third-order valence-electron chi connectivity index (χ3n) is 10.3. The van der Waals surface area contributed by atoms with Gasteiger partial charge in [0.1, 0.15) is 16.9 Å². The second-order valence-electron chi connectivity index (χ2n) is 12.6. The van der Waals surface area contributed by atoms with E-state index in [1.54, 1.807) is 0 Å². The number of carbonyl (C=O) groups excluding carboxylic acids is 1. The van der Waals surface area contributed by atoms with Crippen LogP contribution in [0.2, 0.25) is 0 Å². The molecule has 3 aromatic carbocycles. The Kier molecular flexibility index (Phi) is 9.45. The van der Waals surface area contributed by atoms with Gasteiger partial charge in [0.25, 0.3) is 0 Å². The molecule has 5 nitrogen and oxygen atoms in total. The molecule has 0 saturated carbocycles. The van der Waals surface area contributed by atoms with E-state index < -0.39 is 0 Å². The minimum Gasteiger partial charge on any atom is -0.512 e. The number of benzene rings is 3. The number of carbonyl (C=O) groups is 1. The summed E-state index contributed by atoms with van der Waals surface area (Å²) in [4.78, 5) is 16.8. The summed E-state index contributed by atoms with van der Waals surface area (Å²) in [7, 11) is 0. The molecular formula is C40H41IrN2O3-. The molecule has 1 N–H and O–H groups in total. The van der Waals surface area contributed by atoms with Crippen LogP contribution >= 0.6 is 0 Å². The van der Waals surface area contributed by atoms with Gasteiger partial charge in [-0.15, -0.1) is 17.7 Å². The summed E-state index contributed by atoms with van der Waals surface area (Å²) in [5.74, 6) is 0.286. The molecule has 0 saturated heterocycles. The predicted octanol–water partition coefficient (Wildman–Crippen LogP) is 11.1. The molecule has 6 heteroatoms. The first-order valence-corrected chi connectivity index (χ1v) is 16.1. The van der Waals surface area contributed by atoms with Crippen LogP contribution in [0.1, 0.15) is 67.2 Å². The summed E-state index contributed by atoms with van der Waals surface area (Å²) in [5, 5.41) is 14.8. The number of ketones is 1. The van der Waals surface area contributed by atoms with E-state index in [0.717, 1.165) is 64.4 Å². The van der Waals surface area contributed by atoms with Crippen LogP contribution in [0.5, 0.6) is 0 Å².